The van der Waals surface area contributed by atoms with Crippen LogP contribution in [0.1, 0.15) is 31.0 Å². The fourth-order valence-electron chi connectivity index (χ4n) is 2.25. The summed E-state index contributed by atoms with van der Waals surface area (Å²) in [6.07, 6.45) is -3.58. The van der Waals surface area contributed by atoms with Crippen LogP contribution < -0.4 is 10.1 Å². The first kappa shape index (κ1) is 13.2. The van der Waals surface area contributed by atoms with E-state index in [1.807, 2.05) is 6.92 Å². The van der Waals surface area contributed by atoms with Gasteiger partial charge >= 0.3 is 6.18 Å². The highest BCUT2D eigenvalue weighted by atomic mass is 19.4. The van der Waals surface area contributed by atoms with Gasteiger partial charge in [0.2, 0.25) is 0 Å². The van der Waals surface area contributed by atoms with E-state index in [2.05, 4.69) is 5.32 Å². The van der Waals surface area contributed by atoms with Crippen molar-refractivity contribution in [2.24, 2.45) is 0 Å². The third-order valence-electron chi connectivity index (χ3n) is 2.99. The Morgan fingerprint density at radius 3 is 2.78 bits per heavy atom. The number of ether oxygens (including phenoxy) is 1. The van der Waals surface area contributed by atoms with Gasteiger partial charge in [0.1, 0.15) is 17.9 Å². The topological polar surface area (TPSA) is 21.3 Å². The summed E-state index contributed by atoms with van der Waals surface area (Å²) in [5.41, 5.74) is 1.10. The van der Waals surface area contributed by atoms with E-state index in [0.717, 1.165) is 5.56 Å². The molecular formula is C13H16F3NO. The van der Waals surface area contributed by atoms with Gasteiger partial charge < -0.3 is 10.1 Å². The molecule has 2 nitrogen and oxygen atoms in total. The second-order valence-electron chi connectivity index (χ2n) is 4.53. The van der Waals surface area contributed by atoms with Crippen molar-refractivity contribution in [2.45, 2.75) is 38.6 Å². The van der Waals surface area contributed by atoms with Crippen LogP contribution in [0.25, 0.3) is 0 Å². The predicted molar refractivity (Wildman–Crippen MR) is 62.7 cm³/mol. The minimum atomic E-state index is -4.28. The molecule has 1 aromatic rings. The van der Waals surface area contributed by atoms with Crippen LogP contribution >= 0.6 is 0 Å². The number of fused-ring (bicyclic) bond motifs is 1. The maximum atomic E-state index is 12.9. The third kappa shape index (κ3) is 2.61. The van der Waals surface area contributed by atoms with Gasteiger partial charge in [-0.2, -0.15) is 13.2 Å². The first-order valence-corrected chi connectivity index (χ1v) is 6.01. The number of hydrogen-bond donors (Lipinski definition) is 1. The molecule has 0 saturated carbocycles. The van der Waals surface area contributed by atoms with E-state index in [4.69, 9.17) is 4.74 Å². The van der Waals surface area contributed by atoms with Gasteiger partial charge in [-0.15, -0.1) is 0 Å². The molecule has 0 fully saturated rings. The molecule has 0 saturated heterocycles. The molecule has 0 radical (unpaired) electrons. The third-order valence-corrected chi connectivity index (χ3v) is 2.99. The fourth-order valence-corrected chi connectivity index (χ4v) is 2.25. The Hall–Kier alpha value is -1.23. The van der Waals surface area contributed by atoms with Crippen molar-refractivity contribution < 1.29 is 17.9 Å². The molecule has 1 aliphatic rings. The lowest BCUT2D eigenvalue weighted by atomic mass is 10.0. The lowest BCUT2D eigenvalue weighted by Gasteiger charge is -2.21. The van der Waals surface area contributed by atoms with Gasteiger partial charge in [-0.3, -0.25) is 0 Å². The summed E-state index contributed by atoms with van der Waals surface area (Å²) in [5, 5.41) is 2.48. The molecule has 18 heavy (non-hydrogen) atoms. The van der Waals surface area contributed by atoms with E-state index in [1.165, 1.54) is 6.07 Å². The summed E-state index contributed by atoms with van der Waals surface area (Å²) in [4.78, 5) is 0. The first-order valence-electron chi connectivity index (χ1n) is 6.01. The number of benzene rings is 1. The number of halogens is 3. The van der Waals surface area contributed by atoms with Crippen LogP contribution in [0.15, 0.2) is 18.2 Å². The summed E-state index contributed by atoms with van der Waals surface area (Å²) in [7, 11) is 0. The highest BCUT2D eigenvalue weighted by molar-refractivity contribution is 5.41. The number of alkyl halides is 3. The molecule has 1 aromatic carbocycles. The van der Waals surface area contributed by atoms with Gasteiger partial charge in [-0.05, 0) is 30.7 Å². The van der Waals surface area contributed by atoms with Crippen LogP contribution in [0.2, 0.25) is 0 Å². The van der Waals surface area contributed by atoms with Gasteiger partial charge in [0.05, 0.1) is 0 Å². The Bertz CT molecular complexity index is 431. The van der Waals surface area contributed by atoms with Crippen LogP contribution in [0.4, 0.5) is 13.2 Å². The zero-order chi connectivity index (χ0) is 13.3. The standard InChI is InChI=1S/C13H16F3NO/c1-3-17-12(13(14,15)16)9-4-5-11-10(7-9)6-8(2)18-11/h4-5,7-8,12,17H,3,6H2,1-2H3. The molecule has 2 unspecified atom stereocenters. The van der Waals surface area contributed by atoms with Gasteiger partial charge in [-0.1, -0.05) is 19.1 Å². The summed E-state index contributed by atoms with van der Waals surface area (Å²) in [6, 6.07) is 3.10. The average Bonchev–Trinajstić information content (AvgIpc) is 2.63. The van der Waals surface area contributed by atoms with Gasteiger partial charge in [0.25, 0.3) is 0 Å². The molecule has 0 amide bonds. The average molecular weight is 259 g/mol. The molecule has 0 spiro atoms. The largest absolute Gasteiger partial charge is 0.490 e. The summed E-state index contributed by atoms with van der Waals surface area (Å²) in [6.45, 7) is 3.84. The van der Waals surface area contributed by atoms with Crippen molar-refractivity contribution in [1.82, 2.24) is 5.32 Å². The molecule has 1 heterocycles. The second-order valence-corrected chi connectivity index (χ2v) is 4.53. The van der Waals surface area contributed by atoms with E-state index in [9.17, 15) is 13.2 Å². The molecule has 2 atom stereocenters. The van der Waals surface area contributed by atoms with Crippen molar-refractivity contribution in [3.63, 3.8) is 0 Å². The Labute approximate surface area is 104 Å². The molecule has 0 aromatic heterocycles. The minimum Gasteiger partial charge on any atom is -0.490 e. The molecule has 0 aliphatic carbocycles. The van der Waals surface area contributed by atoms with Crippen LogP contribution in [0, 0.1) is 0 Å². The predicted octanol–water partition coefficient (Wildman–Crippen LogP) is 3.22. The summed E-state index contributed by atoms with van der Waals surface area (Å²) < 4.78 is 44.3. The molecule has 5 heteroatoms. The van der Waals surface area contributed by atoms with Crippen LogP contribution in [0.5, 0.6) is 5.75 Å². The smallest absolute Gasteiger partial charge is 0.407 e. The lowest BCUT2D eigenvalue weighted by Crippen LogP contribution is -2.34. The van der Waals surface area contributed by atoms with Crippen molar-refractivity contribution in [1.29, 1.82) is 0 Å². The van der Waals surface area contributed by atoms with Gasteiger partial charge in [0.15, 0.2) is 0 Å². The highest BCUT2D eigenvalue weighted by Crippen LogP contribution is 2.36. The normalized spacial score (nSPS) is 20.4. The Kier molecular flexibility index (Phi) is 3.52. The molecule has 0 bridgehead atoms. The fraction of sp³-hybridized carbons (Fsp3) is 0.538. The monoisotopic (exact) mass is 259 g/mol. The Morgan fingerprint density at radius 1 is 1.44 bits per heavy atom. The van der Waals surface area contributed by atoms with E-state index < -0.39 is 12.2 Å². The number of nitrogens with one attached hydrogen (secondary N) is 1. The van der Waals surface area contributed by atoms with Crippen LogP contribution in [0.3, 0.4) is 0 Å². The zero-order valence-corrected chi connectivity index (χ0v) is 10.3. The number of rotatable bonds is 3. The quantitative estimate of drug-likeness (QED) is 0.899. The van der Waals surface area contributed by atoms with Gasteiger partial charge in [0, 0.05) is 6.42 Å². The first-order chi connectivity index (χ1) is 8.41. The molecule has 1 aliphatic heterocycles. The Morgan fingerprint density at radius 2 is 2.17 bits per heavy atom. The SMILES string of the molecule is CCNC(c1ccc2c(c1)CC(C)O2)C(F)(F)F. The van der Waals surface area contributed by atoms with E-state index in [-0.39, 0.29) is 18.2 Å². The van der Waals surface area contributed by atoms with E-state index in [0.29, 0.717) is 12.2 Å². The van der Waals surface area contributed by atoms with E-state index >= 15 is 0 Å². The van der Waals surface area contributed by atoms with Crippen molar-refractivity contribution >= 4 is 0 Å². The zero-order valence-electron chi connectivity index (χ0n) is 10.3. The maximum absolute atomic E-state index is 12.9. The van der Waals surface area contributed by atoms with Crippen molar-refractivity contribution in [3.8, 4) is 5.75 Å². The van der Waals surface area contributed by atoms with E-state index in [1.54, 1.807) is 19.1 Å². The maximum Gasteiger partial charge on any atom is 0.407 e. The Balaban J connectivity index is 2.30. The summed E-state index contributed by atoms with van der Waals surface area (Å²) >= 11 is 0. The van der Waals surface area contributed by atoms with Crippen LogP contribution in [-0.2, 0) is 6.42 Å². The number of hydrogen-bond acceptors (Lipinski definition) is 2. The second kappa shape index (κ2) is 4.80. The van der Waals surface area contributed by atoms with Crippen molar-refractivity contribution in [2.75, 3.05) is 6.54 Å². The summed E-state index contributed by atoms with van der Waals surface area (Å²) in [5.74, 6) is 0.698. The van der Waals surface area contributed by atoms with Crippen LogP contribution in [-0.4, -0.2) is 18.8 Å². The van der Waals surface area contributed by atoms with Crippen molar-refractivity contribution in [3.05, 3.63) is 29.3 Å². The molecule has 2 rings (SSSR count). The molecule has 100 valence electrons. The minimum absolute atomic E-state index is 0.0405. The lowest BCUT2D eigenvalue weighted by molar-refractivity contribution is -0.157. The molecular weight excluding hydrogens is 243 g/mol. The van der Waals surface area contributed by atoms with Gasteiger partial charge in [-0.25, -0.2) is 0 Å². The molecule has 1 N–H and O–H groups in total. The highest BCUT2D eigenvalue weighted by Gasteiger charge is 2.40.